The molecule has 0 aromatic carbocycles. The highest BCUT2D eigenvalue weighted by atomic mass is 16.7. The zero-order valence-electron chi connectivity index (χ0n) is 12.9. The van der Waals surface area contributed by atoms with Gasteiger partial charge in [0.15, 0.2) is 6.29 Å². The van der Waals surface area contributed by atoms with Crippen LogP contribution in [0.1, 0.15) is 78.1 Å². The van der Waals surface area contributed by atoms with Crippen LogP contribution in [0.15, 0.2) is 12.2 Å². The first-order valence-electron chi connectivity index (χ1n) is 8.26. The molecule has 0 aromatic heterocycles. The molecule has 0 aromatic rings. The SMILES string of the molecule is C/C=C/C(CCCCCCCC)OC1CCCCO1. The lowest BCUT2D eigenvalue weighted by molar-refractivity contribution is -0.179. The summed E-state index contributed by atoms with van der Waals surface area (Å²) in [6.07, 6.45) is 17.3. The van der Waals surface area contributed by atoms with Crippen LogP contribution in [0.4, 0.5) is 0 Å². The van der Waals surface area contributed by atoms with Crippen LogP contribution in [0.25, 0.3) is 0 Å². The quantitative estimate of drug-likeness (QED) is 0.399. The molecule has 1 aliphatic rings. The first-order chi connectivity index (χ1) is 9.36. The molecule has 2 heteroatoms. The van der Waals surface area contributed by atoms with Crippen molar-refractivity contribution in [3.63, 3.8) is 0 Å². The number of rotatable bonds is 10. The minimum Gasteiger partial charge on any atom is -0.353 e. The van der Waals surface area contributed by atoms with Gasteiger partial charge in [-0.25, -0.2) is 0 Å². The smallest absolute Gasteiger partial charge is 0.158 e. The number of unbranched alkanes of at least 4 members (excludes halogenated alkanes) is 5. The minimum absolute atomic E-state index is 0.0371. The van der Waals surface area contributed by atoms with Crippen LogP contribution in [0, 0.1) is 0 Å². The van der Waals surface area contributed by atoms with Gasteiger partial charge in [-0.3, -0.25) is 0 Å². The van der Waals surface area contributed by atoms with Gasteiger partial charge in [0.25, 0.3) is 0 Å². The molecule has 2 atom stereocenters. The third-order valence-corrected chi connectivity index (χ3v) is 3.71. The average molecular weight is 268 g/mol. The van der Waals surface area contributed by atoms with E-state index in [-0.39, 0.29) is 12.4 Å². The number of ether oxygens (including phenoxy) is 2. The van der Waals surface area contributed by atoms with E-state index in [0.717, 1.165) is 19.4 Å². The molecule has 0 amide bonds. The zero-order chi connectivity index (χ0) is 13.8. The highest BCUT2D eigenvalue weighted by molar-refractivity contribution is 4.87. The summed E-state index contributed by atoms with van der Waals surface area (Å²) >= 11 is 0. The maximum absolute atomic E-state index is 6.05. The van der Waals surface area contributed by atoms with E-state index in [1.54, 1.807) is 0 Å². The largest absolute Gasteiger partial charge is 0.353 e. The van der Waals surface area contributed by atoms with Crippen molar-refractivity contribution in [1.29, 1.82) is 0 Å². The second kappa shape index (κ2) is 11.5. The van der Waals surface area contributed by atoms with Crippen LogP contribution in [0.5, 0.6) is 0 Å². The molecule has 0 bridgehead atoms. The first-order valence-corrected chi connectivity index (χ1v) is 8.26. The third kappa shape index (κ3) is 8.43. The summed E-state index contributed by atoms with van der Waals surface area (Å²) in [5.74, 6) is 0. The van der Waals surface area contributed by atoms with Crippen LogP contribution < -0.4 is 0 Å². The Morgan fingerprint density at radius 1 is 1.16 bits per heavy atom. The number of allylic oxidation sites excluding steroid dienone is 1. The van der Waals surface area contributed by atoms with Gasteiger partial charge in [0, 0.05) is 6.61 Å². The Morgan fingerprint density at radius 2 is 1.95 bits per heavy atom. The summed E-state index contributed by atoms with van der Waals surface area (Å²) in [4.78, 5) is 0. The van der Waals surface area contributed by atoms with Crippen molar-refractivity contribution in [2.24, 2.45) is 0 Å². The van der Waals surface area contributed by atoms with Gasteiger partial charge in [-0.05, 0) is 32.6 Å². The molecule has 1 fully saturated rings. The fourth-order valence-electron chi connectivity index (χ4n) is 2.56. The van der Waals surface area contributed by atoms with Crippen LogP contribution in [0.2, 0.25) is 0 Å². The maximum Gasteiger partial charge on any atom is 0.158 e. The molecule has 0 saturated carbocycles. The summed E-state index contributed by atoms with van der Waals surface area (Å²) in [5, 5.41) is 0. The Balaban J connectivity index is 2.13. The van der Waals surface area contributed by atoms with Gasteiger partial charge in [-0.2, -0.15) is 0 Å². The molecule has 2 unspecified atom stereocenters. The second-order valence-electron chi connectivity index (χ2n) is 5.55. The summed E-state index contributed by atoms with van der Waals surface area (Å²) in [7, 11) is 0. The summed E-state index contributed by atoms with van der Waals surface area (Å²) in [6, 6.07) is 0. The summed E-state index contributed by atoms with van der Waals surface area (Å²) in [6.45, 7) is 5.20. The van der Waals surface area contributed by atoms with Crippen molar-refractivity contribution in [2.75, 3.05) is 6.61 Å². The lowest BCUT2D eigenvalue weighted by Crippen LogP contribution is -2.27. The van der Waals surface area contributed by atoms with Crippen molar-refractivity contribution in [2.45, 2.75) is 90.4 Å². The van der Waals surface area contributed by atoms with Crippen molar-refractivity contribution in [3.05, 3.63) is 12.2 Å². The lowest BCUT2D eigenvalue weighted by Gasteiger charge is -2.26. The van der Waals surface area contributed by atoms with Crippen molar-refractivity contribution >= 4 is 0 Å². The predicted molar refractivity (Wildman–Crippen MR) is 81.3 cm³/mol. The van der Waals surface area contributed by atoms with E-state index in [0.29, 0.717) is 0 Å². The molecule has 0 aliphatic carbocycles. The van der Waals surface area contributed by atoms with Crippen molar-refractivity contribution < 1.29 is 9.47 Å². The highest BCUT2D eigenvalue weighted by Crippen LogP contribution is 2.19. The van der Waals surface area contributed by atoms with E-state index >= 15 is 0 Å². The van der Waals surface area contributed by atoms with Crippen LogP contribution in [-0.4, -0.2) is 19.0 Å². The normalized spacial score (nSPS) is 21.9. The Hall–Kier alpha value is -0.340. The van der Waals surface area contributed by atoms with Gasteiger partial charge >= 0.3 is 0 Å². The minimum atomic E-state index is 0.0371. The van der Waals surface area contributed by atoms with Crippen molar-refractivity contribution in [1.82, 2.24) is 0 Å². The molecule has 0 radical (unpaired) electrons. The molecule has 1 rings (SSSR count). The van der Waals surface area contributed by atoms with Gasteiger partial charge in [-0.15, -0.1) is 0 Å². The molecule has 1 saturated heterocycles. The first kappa shape index (κ1) is 16.7. The van der Waals surface area contributed by atoms with Gasteiger partial charge in [0.2, 0.25) is 0 Å². The summed E-state index contributed by atoms with van der Waals surface area (Å²) < 4.78 is 11.7. The number of hydrogen-bond donors (Lipinski definition) is 0. The summed E-state index contributed by atoms with van der Waals surface area (Å²) in [5.41, 5.74) is 0. The molecule has 0 N–H and O–H groups in total. The Kier molecular flexibility index (Phi) is 10.1. The van der Waals surface area contributed by atoms with Crippen molar-refractivity contribution in [3.8, 4) is 0 Å². The monoisotopic (exact) mass is 268 g/mol. The average Bonchev–Trinajstić information content (AvgIpc) is 2.44. The molecule has 2 nitrogen and oxygen atoms in total. The van der Waals surface area contributed by atoms with E-state index < -0.39 is 0 Å². The number of hydrogen-bond acceptors (Lipinski definition) is 2. The molecule has 0 spiro atoms. The molecule has 112 valence electrons. The Bertz CT molecular complexity index is 219. The lowest BCUT2D eigenvalue weighted by atomic mass is 10.1. The highest BCUT2D eigenvalue weighted by Gasteiger charge is 2.17. The van der Waals surface area contributed by atoms with Gasteiger partial charge in [0.1, 0.15) is 0 Å². The standard InChI is InChI=1S/C17H32O2/c1-3-5-6-7-8-9-13-16(12-4-2)19-17-14-10-11-15-18-17/h4,12,16-17H,3,5-11,13-15H2,1-2H3/b12-4+. The van der Waals surface area contributed by atoms with Gasteiger partial charge in [-0.1, -0.05) is 57.6 Å². The fourth-order valence-corrected chi connectivity index (χ4v) is 2.56. The fraction of sp³-hybridized carbons (Fsp3) is 0.882. The molecular weight excluding hydrogens is 236 g/mol. The topological polar surface area (TPSA) is 18.5 Å². The molecule has 1 heterocycles. The molecule has 19 heavy (non-hydrogen) atoms. The van der Waals surface area contributed by atoms with Gasteiger partial charge in [0.05, 0.1) is 6.10 Å². The van der Waals surface area contributed by atoms with Crippen LogP contribution in [0.3, 0.4) is 0 Å². The van der Waals surface area contributed by atoms with E-state index in [2.05, 4.69) is 26.0 Å². The van der Waals surface area contributed by atoms with E-state index in [9.17, 15) is 0 Å². The van der Waals surface area contributed by atoms with E-state index in [1.807, 2.05) is 0 Å². The van der Waals surface area contributed by atoms with E-state index in [1.165, 1.54) is 51.4 Å². The van der Waals surface area contributed by atoms with Crippen LogP contribution >= 0.6 is 0 Å². The van der Waals surface area contributed by atoms with Gasteiger partial charge < -0.3 is 9.47 Å². The third-order valence-electron chi connectivity index (χ3n) is 3.71. The maximum atomic E-state index is 6.05. The molecule has 1 aliphatic heterocycles. The Morgan fingerprint density at radius 3 is 2.63 bits per heavy atom. The van der Waals surface area contributed by atoms with Crippen LogP contribution in [-0.2, 0) is 9.47 Å². The van der Waals surface area contributed by atoms with E-state index in [4.69, 9.17) is 9.47 Å². The zero-order valence-corrected chi connectivity index (χ0v) is 12.9. The predicted octanol–water partition coefficient (Wildman–Crippen LogP) is 5.22. The molecular formula is C17H32O2. The second-order valence-corrected chi connectivity index (χ2v) is 5.55. The Labute approximate surface area is 119 Å².